The largest absolute Gasteiger partial charge is 0.277 e. The number of allylic oxidation sites excluding steroid dienone is 5. The first-order chi connectivity index (χ1) is 13.9. The van der Waals surface area contributed by atoms with Crippen LogP contribution in [0, 0.1) is 0 Å². The molecule has 1 atom stereocenters. The molecular formula is C27H32N2. The van der Waals surface area contributed by atoms with Gasteiger partial charge < -0.3 is 0 Å². The number of hydrogen-bond acceptors (Lipinski definition) is 2. The number of benzene rings is 1. The van der Waals surface area contributed by atoms with Crippen molar-refractivity contribution in [2.75, 3.05) is 0 Å². The molecule has 1 aromatic carbocycles. The minimum atomic E-state index is 0.0382. The topological polar surface area (TPSA) is 25.2 Å². The van der Waals surface area contributed by atoms with E-state index in [1.165, 1.54) is 16.7 Å². The Balaban J connectivity index is 2.07. The zero-order chi connectivity index (χ0) is 20.9. The van der Waals surface area contributed by atoms with E-state index in [-0.39, 0.29) is 11.5 Å². The third kappa shape index (κ3) is 5.00. The Morgan fingerprint density at radius 2 is 1.79 bits per heavy atom. The maximum absolute atomic E-state index is 5.17. The van der Waals surface area contributed by atoms with Crippen LogP contribution in [-0.2, 0) is 5.41 Å². The van der Waals surface area contributed by atoms with E-state index in [4.69, 9.17) is 9.98 Å². The summed E-state index contributed by atoms with van der Waals surface area (Å²) in [5, 5.41) is 0. The van der Waals surface area contributed by atoms with Gasteiger partial charge in [0.05, 0.1) is 11.8 Å². The van der Waals surface area contributed by atoms with Gasteiger partial charge in [0.1, 0.15) is 0 Å². The fourth-order valence-corrected chi connectivity index (χ4v) is 3.33. The Morgan fingerprint density at radius 3 is 2.31 bits per heavy atom. The fourth-order valence-electron chi connectivity index (χ4n) is 3.33. The minimum Gasteiger partial charge on any atom is -0.277 e. The van der Waals surface area contributed by atoms with E-state index in [0.29, 0.717) is 0 Å². The average molecular weight is 385 g/mol. The lowest BCUT2D eigenvalue weighted by molar-refractivity contribution is 0.569. The number of hydrogen-bond donors (Lipinski definition) is 0. The average Bonchev–Trinajstić information content (AvgIpc) is 2.69. The molecule has 0 fully saturated rings. The molecule has 2 aromatic rings. The van der Waals surface area contributed by atoms with Crippen molar-refractivity contribution in [2.24, 2.45) is 4.99 Å². The normalized spacial score (nSPS) is 15.7. The van der Waals surface area contributed by atoms with Crippen molar-refractivity contribution >= 4 is 11.3 Å². The molecule has 0 N–H and O–H groups in total. The van der Waals surface area contributed by atoms with E-state index in [1.807, 2.05) is 6.20 Å². The van der Waals surface area contributed by atoms with Gasteiger partial charge in [0.2, 0.25) is 0 Å². The molecule has 0 saturated heterocycles. The van der Waals surface area contributed by atoms with Crippen LogP contribution in [-0.4, -0.2) is 16.7 Å². The van der Waals surface area contributed by atoms with E-state index >= 15 is 0 Å². The second kappa shape index (κ2) is 9.17. The van der Waals surface area contributed by atoms with Gasteiger partial charge in [-0.1, -0.05) is 89.3 Å². The highest BCUT2D eigenvalue weighted by Crippen LogP contribution is 2.32. The van der Waals surface area contributed by atoms with Crippen LogP contribution in [0.4, 0.5) is 0 Å². The SMILES string of the molecule is CCC=CC(CC)/N=C(/C1=C(c2ccccc2)C=C1)c1ccc(C(C)(C)C)nc1. The molecule has 150 valence electrons. The Bertz CT molecular complexity index is 936. The molecule has 1 heterocycles. The zero-order valence-electron chi connectivity index (χ0n) is 18.3. The van der Waals surface area contributed by atoms with Crippen molar-refractivity contribution in [3.63, 3.8) is 0 Å². The summed E-state index contributed by atoms with van der Waals surface area (Å²) >= 11 is 0. The third-order valence-electron chi connectivity index (χ3n) is 5.16. The summed E-state index contributed by atoms with van der Waals surface area (Å²) in [6.07, 6.45) is 12.8. The van der Waals surface area contributed by atoms with E-state index in [1.54, 1.807) is 0 Å². The van der Waals surface area contributed by atoms with E-state index < -0.39 is 0 Å². The predicted molar refractivity (Wildman–Crippen MR) is 125 cm³/mol. The second-order valence-corrected chi connectivity index (χ2v) is 8.50. The Morgan fingerprint density at radius 1 is 1.03 bits per heavy atom. The second-order valence-electron chi connectivity index (χ2n) is 8.50. The summed E-state index contributed by atoms with van der Waals surface area (Å²) in [5.74, 6) is 0. The summed E-state index contributed by atoms with van der Waals surface area (Å²) in [7, 11) is 0. The lowest BCUT2D eigenvalue weighted by atomic mass is 9.85. The molecule has 0 saturated carbocycles. The van der Waals surface area contributed by atoms with Crippen molar-refractivity contribution in [1.82, 2.24) is 4.98 Å². The highest BCUT2D eigenvalue weighted by molar-refractivity contribution is 6.21. The lowest BCUT2D eigenvalue weighted by Crippen LogP contribution is -2.17. The van der Waals surface area contributed by atoms with Crippen LogP contribution in [0.2, 0.25) is 0 Å². The van der Waals surface area contributed by atoms with Gasteiger partial charge in [-0.15, -0.1) is 0 Å². The van der Waals surface area contributed by atoms with Crippen molar-refractivity contribution in [1.29, 1.82) is 0 Å². The van der Waals surface area contributed by atoms with Gasteiger partial charge >= 0.3 is 0 Å². The van der Waals surface area contributed by atoms with Gasteiger partial charge in [0, 0.05) is 28.4 Å². The summed E-state index contributed by atoms with van der Waals surface area (Å²) in [5.41, 5.74) is 6.93. The van der Waals surface area contributed by atoms with E-state index in [9.17, 15) is 0 Å². The van der Waals surface area contributed by atoms with Crippen LogP contribution in [0.25, 0.3) is 5.57 Å². The van der Waals surface area contributed by atoms with Gasteiger partial charge in [-0.2, -0.15) is 0 Å². The molecular weight excluding hydrogens is 352 g/mol. The van der Waals surface area contributed by atoms with Crippen molar-refractivity contribution in [3.05, 3.63) is 95.4 Å². The molecule has 3 rings (SSSR count). The molecule has 1 aliphatic carbocycles. The van der Waals surface area contributed by atoms with Crippen LogP contribution in [0.15, 0.2) is 83.5 Å². The van der Waals surface area contributed by atoms with E-state index in [0.717, 1.165) is 29.8 Å². The third-order valence-corrected chi connectivity index (χ3v) is 5.16. The number of rotatable bonds is 7. The molecule has 29 heavy (non-hydrogen) atoms. The highest BCUT2D eigenvalue weighted by Gasteiger charge is 2.21. The smallest absolute Gasteiger partial charge is 0.0747 e. The lowest BCUT2D eigenvalue weighted by Gasteiger charge is -2.22. The summed E-state index contributed by atoms with van der Waals surface area (Å²) in [6.45, 7) is 10.9. The Hall–Kier alpha value is -2.74. The molecule has 0 spiro atoms. The molecule has 1 aromatic heterocycles. The minimum absolute atomic E-state index is 0.0382. The van der Waals surface area contributed by atoms with Gasteiger partial charge in [0.15, 0.2) is 0 Å². The van der Waals surface area contributed by atoms with Gasteiger partial charge in [-0.05, 0) is 36.1 Å². The van der Waals surface area contributed by atoms with Crippen molar-refractivity contribution in [3.8, 4) is 0 Å². The number of pyridine rings is 1. The monoisotopic (exact) mass is 384 g/mol. The molecule has 0 bridgehead atoms. The molecule has 2 heteroatoms. The van der Waals surface area contributed by atoms with Gasteiger partial charge in [-0.25, -0.2) is 0 Å². The Labute approximate surface area is 175 Å². The summed E-state index contributed by atoms with van der Waals surface area (Å²) in [6, 6.07) is 15.0. The van der Waals surface area contributed by atoms with Crippen LogP contribution in [0.1, 0.15) is 64.3 Å². The van der Waals surface area contributed by atoms with Crippen molar-refractivity contribution < 1.29 is 0 Å². The van der Waals surface area contributed by atoms with Crippen LogP contribution in [0.5, 0.6) is 0 Å². The predicted octanol–water partition coefficient (Wildman–Crippen LogP) is 6.94. The Kier molecular flexibility index (Phi) is 6.64. The van der Waals surface area contributed by atoms with Crippen molar-refractivity contribution in [2.45, 2.75) is 58.9 Å². The maximum atomic E-state index is 5.17. The van der Waals surface area contributed by atoms with Crippen LogP contribution < -0.4 is 0 Å². The first-order valence-corrected chi connectivity index (χ1v) is 10.6. The first kappa shape index (κ1) is 21.0. The van der Waals surface area contributed by atoms with Crippen LogP contribution >= 0.6 is 0 Å². The standard InChI is InChI=1S/C27H32N2/c1-6-8-14-22(7-2)29-26(21-15-18-25(28-19-21)27(3,4)5)24-17-16-23(24)20-12-10-9-11-13-20/h8-19,22H,6-7H2,1-5H3/b14-8?,29-26+. The number of nitrogens with zero attached hydrogens (tertiary/aromatic N) is 2. The summed E-state index contributed by atoms with van der Waals surface area (Å²) < 4.78 is 0. The number of aromatic nitrogens is 1. The molecule has 1 aliphatic rings. The molecule has 1 unspecified atom stereocenters. The highest BCUT2D eigenvalue weighted by atomic mass is 14.8. The van der Waals surface area contributed by atoms with Crippen LogP contribution in [0.3, 0.4) is 0 Å². The van der Waals surface area contributed by atoms with Gasteiger partial charge in [-0.3, -0.25) is 9.98 Å². The zero-order valence-corrected chi connectivity index (χ0v) is 18.3. The molecule has 0 amide bonds. The number of aliphatic imine (C=N–C) groups is 1. The molecule has 0 aliphatic heterocycles. The first-order valence-electron chi connectivity index (χ1n) is 10.6. The molecule has 2 nitrogen and oxygen atoms in total. The van der Waals surface area contributed by atoms with Gasteiger partial charge in [0.25, 0.3) is 0 Å². The molecule has 0 radical (unpaired) electrons. The fraction of sp³-hybridized carbons (Fsp3) is 0.333. The van der Waals surface area contributed by atoms with E-state index in [2.05, 4.69) is 101 Å². The maximum Gasteiger partial charge on any atom is 0.0747 e. The quantitative estimate of drug-likeness (QED) is 0.375. The summed E-state index contributed by atoms with van der Waals surface area (Å²) in [4.78, 5) is 9.93.